The van der Waals surface area contributed by atoms with Gasteiger partial charge in [-0.25, -0.2) is 0 Å². The van der Waals surface area contributed by atoms with E-state index in [4.69, 9.17) is 0 Å². The van der Waals surface area contributed by atoms with Crippen LogP contribution in [0.3, 0.4) is 0 Å². The van der Waals surface area contributed by atoms with Gasteiger partial charge >= 0.3 is 0 Å². The number of fused-ring (bicyclic) bond motifs is 1. The van der Waals surface area contributed by atoms with Crippen LogP contribution in [0, 0.1) is 11.8 Å². The van der Waals surface area contributed by atoms with Crippen molar-refractivity contribution in [3.63, 3.8) is 0 Å². The zero-order valence-electron chi connectivity index (χ0n) is 7.33. The Morgan fingerprint density at radius 2 is 1.92 bits per heavy atom. The summed E-state index contributed by atoms with van der Waals surface area (Å²) in [6.07, 6.45) is 5.61. The van der Waals surface area contributed by atoms with Crippen LogP contribution in [0.1, 0.15) is 38.5 Å². The van der Waals surface area contributed by atoms with Crippen molar-refractivity contribution < 1.29 is 9.90 Å². The molecule has 0 saturated heterocycles. The van der Waals surface area contributed by atoms with Gasteiger partial charge in [0, 0.05) is 12.3 Å². The molecule has 2 rings (SSSR count). The van der Waals surface area contributed by atoms with Crippen molar-refractivity contribution in [2.75, 3.05) is 0 Å². The van der Waals surface area contributed by atoms with Gasteiger partial charge in [0.1, 0.15) is 5.78 Å². The largest absolute Gasteiger partial charge is 0.393 e. The molecule has 3 atom stereocenters. The smallest absolute Gasteiger partial charge is 0.136 e. The van der Waals surface area contributed by atoms with Crippen LogP contribution < -0.4 is 0 Å². The van der Waals surface area contributed by atoms with Crippen molar-refractivity contribution in [3.05, 3.63) is 0 Å². The molecule has 0 heterocycles. The second kappa shape index (κ2) is 3.17. The van der Waals surface area contributed by atoms with E-state index >= 15 is 0 Å². The summed E-state index contributed by atoms with van der Waals surface area (Å²) in [5, 5.41) is 9.67. The van der Waals surface area contributed by atoms with Crippen LogP contribution >= 0.6 is 0 Å². The van der Waals surface area contributed by atoms with Crippen molar-refractivity contribution in [1.82, 2.24) is 0 Å². The maximum atomic E-state index is 11.5. The van der Waals surface area contributed by atoms with Gasteiger partial charge in [-0.15, -0.1) is 0 Å². The number of ketones is 1. The van der Waals surface area contributed by atoms with E-state index in [1.807, 2.05) is 0 Å². The van der Waals surface area contributed by atoms with Crippen LogP contribution in [0.25, 0.3) is 0 Å². The number of hydrogen-bond donors (Lipinski definition) is 1. The number of carbonyl (C=O) groups excluding carboxylic acids is 1. The van der Waals surface area contributed by atoms with E-state index in [0.717, 1.165) is 12.8 Å². The molecular weight excluding hydrogens is 152 g/mol. The van der Waals surface area contributed by atoms with Crippen molar-refractivity contribution in [3.8, 4) is 0 Å². The summed E-state index contributed by atoms with van der Waals surface area (Å²) in [5.41, 5.74) is 0. The number of aliphatic hydroxyl groups excluding tert-OH is 1. The van der Waals surface area contributed by atoms with E-state index in [2.05, 4.69) is 0 Å². The third-order valence-corrected chi connectivity index (χ3v) is 3.41. The monoisotopic (exact) mass is 168 g/mol. The molecule has 0 bridgehead atoms. The van der Waals surface area contributed by atoms with Crippen LogP contribution in [0.2, 0.25) is 0 Å². The van der Waals surface area contributed by atoms with Gasteiger partial charge in [-0.3, -0.25) is 4.79 Å². The summed E-state index contributed by atoms with van der Waals surface area (Å²) >= 11 is 0. The minimum Gasteiger partial charge on any atom is -0.393 e. The van der Waals surface area contributed by atoms with Gasteiger partial charge in [-0.05, 0) is 25.2 Å². The second-order valence-corrected chi connectivity index (χ2v) is 4.13. The molecule has 0 unspecified atom stereocenters. The molecule has 12 heavy (non-hydrogen) atoms. The zero-order valence-corrected chi connectivity index (χ0v) is 7.33. The molecule has 0 aliphatic heterocycles. The Morgan fingerprint density at radius 3 is 2.67 bits per heavy atom. The van der Waals surface area contributed by atoms with Gasteiger partial charge in [-0.2, -0.15) is 0 Å². The highest BCUT2D eigenvalue weighted by atomic mass is 16.3. The minimum atomic E-state index is -0.187. The maximum absolute atomic E-state index is 11.5. The number of hydrogen-bond acceptors (Lipinski definition) is 2. The fraction of sp³-hybridized carbons (Fsp3) is 0.900. The molecule has 2 nitrogen and oxygen atoms in total. The summed E-state index contributed by atoms with van der Waals surface area (Å²) in [7, 11) is 0. The zero-order chi connectivity index (χ0) is 8.55. The Balaban J connectivity index is 2.11. The first-order valence-electron chi connectivity index (χ1n) is 5.00. The molecular formula is C10H16O2. The average Bonchev–Trinajstić information content (AvgIpc) is 2.12. The summed E-state index contributed by atoms with van der Waals surface area (Å²) in [5.74, 6) is 0.924. The van der Waals surface area contributed by atoms with Crippen molar-refractivity contribution in [2.45, 2.75) is 44.6 Å². The highest BCUT2D eigenvalue weighted by Crippen LogP contribution is 2.38. The summed E-state index contributed by atoms with van der Waals surface area (Å²) < 4.78 is 0. The van der Waals surface area contributed by atoms with Gasteiger partial charge in [0.15, 0.2) is 0 Å². The molecule has 2 aliphatic rings. The second-order valence-electron chi connectivity index (χ2n) is 4.13. The van der Waals surface area contributed by atoms with Crippen LogP contribution in [-0.4, -0.2) is 17.0 Å². The van der Waals surface area contributed by atoms with E-state index < -0.39 is 0 Å². The number of rotatable bonds is 0. The molecule has 2 fully saturated rings. The third-order valence-electron chi connectivity index (χ3n) is 3.41. The predicted octanol–water partition coefficient (Wildman–Crippen LogP) is 1.52. The van der Waals surface area contributed by atoms with E-state index in [-0.39, 0.29) is 12.0 Å². The molecule has 68 valence electrons. The molecule has 0 spiro atoms. The van der Waals surface area contributed by atoms with Gasteiger partial charge in [0.05, 0.1) is 6.10 Å². The molecule has 0 aromatic heterocycles. The lowest BCUT2D eigenvalue weighted by atomic mass is 9.69. The van der Waals surface area contributed by atoms with Crippen molar-refractivity contribution in [1.29, 1.82) is 0 Å². The lowest BCUT2D eigenvalue weighted by molar-refractivity contribution is -0.132. The Bertz CT molecular complexity index is 188. The number of carbonyl (C=O) groups is 1. The number of Topliss-reactive ketones (excluding diaryl/α,β-unsaturated/α-hetero) is 1. The topological polar surface area (TPSA) is 37.3 Å². The molecule has 2 aliphatic carbocycles. The first-order chi connectivity index (χ1) is 5.79. The quantitative estimate of drug-likeness (QED) is 0.595. The molecule has 2 heteroatoms. The fourth-order valence-corrected chi connectivity index (χ4v) is 2.71. The maximum Gasteiger partial charge on any atom is 0.136 e. The van der Waals surface area contributed by atoms with Gasteiger partial charge in [0.2, 0.25) is 0 Å². The Kier molecular flexibility index (Phi) is 2.18. The van der Waals surface area contributed by atoms with Gasteiger partial charge in [0.25, 0.3) is 0 Å². The SMILES string of the molecule is O=C1CC[C@H](O)[C@H]2CCCC[C@H]12. The van der Waals surface area contributed by atoms with E-state index in [1.54, 1.807) is 0 Å². The average molecular weight is 168 g/mol. The molecule has 0 aromatic rings. The van der Waals surface area contributed by atoms with Gasteiger partial charge < -0.3 is 5.11 Å². The lowest BCUT2D eigenvalue weighted by Crippen LogP contribution is -2.40. The molecule has 2 saturated carbocycles. The highest BCUT2D eigenvalue weighted by Gasteiger charge is 2.38. The highest BCUT2D eigenvalue weighted by molar-refractivity contribution is 5.82. The van der Waals surface area contributed by atoms with Crippen molar-refractivity contribution in [2.24, 2.45) is 11.8 Å². The Morgan fingerprint density at radius 1 is 1.17 bits per heavy atom. The standard InChI is InChI=1S/C10H16O2/c11-9-5-6-10(12)8-4-2-1-3-7(8)9/h7-9,11H,1-6H2/t7-,8-,9-/m0/s1. The lowest BCUT2D eigenvalue weighted by Gasteiger charge is -2.37. The van der Waals surface area contributed by atoms with Crippen LogP contribution in [0.15, 0.2) is 0 Å². The van der Waals surface area contributed by atoms with E-state index in [1.165, 1.54) is 12.8 Å². The predicted molar refractivity (Wildman–Crippen MR) is 45.7 cm³/mol. The summed E-state index contributed by atoms with van der Waals surface area (Å²) in [6.45, 7) is 0. The van der Waals surface area contributed by atoms with Crippen LogP contribution in [0.5, 0.6) is 0 Å². The van der Waals surface area contributed by atoms with Crippen molar-refractivity contribution >= 4 is 5.78 Å². The van der Waals surface area contributed by atoms with E-state index in [0.29, 0.717) is 24.5 Å². The Hall–Kier alpha value is -0.370. The summed E-state index contributed by atoms with van der Waals surface area (Å²) in [4.78, 5) is 11.5. The first kappa shape index (κ1) is 8.24. The number of aliphatic hydroxyl groups is 1. The summed E-state index contributed by atoms with van der Waals surface area (Å²) in [6, 6.07) is 0. The fourth-order valence-electron chi connectivity index (χ4n) is 2.71. The first-order valence-corrected chi connectivity index (χ1v) is 5.00. The van der Waals surface area contributed by atoms with Gasteiger partial charge in [-0.1, -0.05) is 12.8 Å². The van der Waals surface area contributed by atoms with E-state index in [9.17, 15) is 9.90 Å². The minimum absolute atomic E-state index is 0.187. The Labute approximate surface area is 73.0 Å². The molecule has 1 N–H and O–H groups in total. The third kappa shape index (κ3) is 1.28. The molecule has 0 amide bonds. The molecule has 0 radical (unpaired) electrons. The normalized spacial score (nSPS) is 42.4. The molecule has 0 aromatic carbocycles. The van der Waals surface area contributed by atoms with Crippen LogP contribution in [0.4, 0.5) is 0 Å². The van der Waals surface area contributed by atoms with Crippen LogP contribution in [-0.2, 0) is 4.79 Å².